The van der Waals surface area contributed by atoms with Gasteiger partial charge in [-0.25, -0.2) is 4.68 Å². The lowest BCUT2D eigenvalue weighted by Crippen LogP contribution is -2.30. The fourth-order valence-corrected chi connectivity index (χ4v) is 4.12. The van der Waals surface area contributed by atoms with Crippen LogP contribution in [0.3, 0.4) is 0 Å². The number of nitrogens with zero attached hydrogens (tertiary/aromatic N) is 5. The molecule has 4 rings (SSSR count). The Kier molecular flexibility index (Phi) is 5.18. The molecule has 2 atom stereocenters. The number of pyridine rings is 1. The van der Waals surface area contributed by atoms with Crippen LogP contribution in [0.5, 0.6) is 0 Å². The van der Waals surface area contributed by atoms with E-state index in [0.717, 1.165) is 37.7 Å². The molecule has 0 spiro atoms. The van der Waals surface area contributed by atoms with Crippen LogP contribution in [0, 0.1) is 5.92 Å². The summed E-state index contributed by atoms with van der Waals surface area (Å²) in [6, 6.07) is 4.43. The molecule has 3 heterocycles. The summed E-state index contributed by atoms with van der Waals surface area (Å²) >= 11 is 0. The standard InChI is InChI=1S/C19H26N6O2/c20-15-1-3-16(4-2-15)25-11-17(22-23-25)19(27)24-10-14(18(26)12-24)9-13-5-7-21-8-6-13/h5-8,11,14-16,18,26H,1-4,9-10,12,20H2/t14-,15?,16?,18+/m1/s1. The molecule has 1 saturated heterocycles. The van der Waals surface area contributed by atoms with E-state index in [9.17, 15) is 9.90 Å². The molecule has 2 aromatic rings. The molecule has 8 heteroatoms. The van der Waals surface area contributed by atoms with Crippen LogP contribution < -0.4 is 5.73 Å². The molecule has 144 valence electrons. The van der Waals surface area contributed by atoms with Crippen LogP contribution >= 0.6 is 0 Å². The minimum absolute atomic E-state index is 0.0197. The summed E-state index contributed by atoms with van der Waals surface area (Å²) in [7, 11) is 0. The fraction of sp³-hybridized carbons (Fsp3) is 0.579. The Morgan fingerprint density at radius 3 is 2.67 bits per heavy atom. The molecule has 0 bridgehead atoms. The number of aliphatic hydroxyl groups is 1. The highest BCUT2D eigenvalue weighted by Crippen LogP contribution is 2.27. The average Bonchev–Trinajstić information content (AvgIpc) is 3.30. The third-order valence-corrected chi connectivity index (χ3v) is 5.79. The number of rotatable bonds is 4. The van der Waals surface area contributed by atoms with Crippen molar-refractivity contribution in [1.29, 1.82) is 0 Å². The van der Waals surface area contributed by atoms with Gasteiger partial charge in [0.15, 0.2) is 5.69 Å². The molecular weight excluding hydrogens is 344 g/mol. The first kappa shape index (κ1) is 18.1. The Hall–Kier alpha value is -2.32. The first-order valence-electron chi connectivity index (χ1n) is 9.64. The summed E-state index contributed by atoms with van der Waals surface area (Å²) in [6.07, 6.45) is 9.31. The maximum Gasteiger partial charge on any atom is 0.276 e. The molecule has 0 radical (unpaired) electrons. The van der Waals surface area contributed by atoms with E-state index < -0.39 is 6.10 Å². The Morgan fingerprint density at radius 1 is 1.19 bits per heavy atom. The number of aromatic nitrogens is 4. The van der Waals surface area contributed by atoms with Crippen LogP contribution in [0.1, 0.15) is 47.8 Å². The quantitative estimate of drug-likeness (QED) is 0.823. The lowest BCUT2D eigenvalue weighted by Gasteiger charge is -2.25. The molecule has 27 heavy (non-hydrogen) atoms. The average molecular weight is 370 g/mol. The third kappa shape index (κ3) is 4.01. The van der Waals surface area contributed by atoms with Gasteiger partial charge >= 0.3 is 0 Å². The van der Waals surface area contributed by atoms with Gasteiger partial charge in [-0.2, -0.15) is 0 Å². The predicted octanol–water partition coefficient (Wildman–Crippen LogP) is 0.791. The fourth-order valence-electron chi connectivity index (χ4n) is 4.12. The van der Waals surface area contributed by atoms with Crippen LogP contribution in [-0.2, 0) is 6.42 Å². The molecule has 3 N–H and O–H groups in total. The summed E-state index contributed by atoms with van der Waals surface area (Å²) in [6.45, 7) is 0.854. The zero-order chi connectivity index (χ0) is 18.8. The van der Waals surface area contributed by atoms with Gasteiger partial charge in [0.2, 0.25) is 0 Å². The number of β-amino-alcohol motifs (C(OH)–C–C–N with tert-alkyl or cyclic N) is 1. The van der Waals surface area contributed by atoms with E-state index in [1.807, 2.05) is 12.1 Å². The first-order valence-corrected chi connectivity index (χ1v) is 9.64. The summed E-state index contributed by atoms with van der Waals surface area (Å²) in [5.74, 6) is -0.142. The molecule has 1 saturated carbocycles. The Labute approximate surface area is 158 Å². The Morgan fingerprint density at radius 2 is 1.93 bits per heavy atom. The zero-order valence-corrected chi connectivity index (χ0v) is 15.3. The van der Waals surface area contributed by atoms with Crippen LogP contribution in [0.15, 0.2) is 30.7 Å². The molecule has 2 aromatic heterocycles. The molecule has 0 unspecified atom stereocenters. The second-order valence-corrected chi connectivity index (χ2v) is 7.75. The van der Waals surface area contributed by atoms with Crippen molar-refractivity contribution >= 4 is 5.91 Å². The van der Waals surface area contributed by atoms with Crippen molar-refractivity contribution in [3.63, 3.8) is 0 Å². The Bertz CT molecular complexity index is 772. The molecule has 8 nitrogen and oxygen atoms in total. The number of aliphatic hydroxyl groups excluding tert-OH is 1. The van der Waals surface area contributed by atoms with Crippen molar-refractivity contribution in [2.45, 2.75) is 50.3 Å². The molecule has 2 aliphatic rings. The van der Waals surface area contributed by atoms with Gasteiger partial charge < -0.3 is 15.7 Å². The number of hydrogen-bond acceptors (Lipinski definition) is 6. The van der Waals surface area contributed by atoms with Crippen molar-refractivity contribution in [2.75, 3.05) is 13.1 Å². The largest absolute Gasteiger partial charge is 0.391 e. The highest BCUT2D eigenvalue weighted by Gasteiger charge is 2.35. The van der Waals surface area contributed by atoms with Crippen LogP contribution in [0.4, 0.5) is 0 Å². The first-order chi connectivity index (χ1) is 13.1. The van der Waals surface area contributed by atoms with Crippen molar-refractivity contribution in [3.8, 4) is 0 Å². The molecular formula is C19H26N6O2. The van der Waals surface area contributed by atoms with Gasteiger partial charge in [0.25, 0.3) is 5.91 Å². The number of carbonyl (C=O) groups is 1. The van der Waals surface area contributed by atoms with Gasteiger partial charge in [0, 0.05) is 37.4 Å². The second kappa shape index (κ2) is 7.74. The SMILES string of the molecule is NC1CCC(n2cc(C(=O)N3C[C@@H](Cc4ccncc4)[C@@H](O)C3)nn2)CC1. The van der Waals surface area contributed by atoms with Gasteiger partial charge in [0.1, 0.15) is 0 Å². The third-order valence-electron chi connectivity index (χ3n) is 5.79. The minimum atomic E-state index is -0.531. The molecule has 1 aliphatic heterocycles. The van der Waals surface area contributed by atoms with Crippen molar-refractivity contribution in [1.82, 2.24) is 24.9 Å². The number of amides is 1. The van der Waals surface area contributed by atoms with E-state index in [4.69, 9.17) is 5.73 Å². The maximum atomic E-state index is 12.8. The summed E-state index contributed by atoms with van der Waals surface area (Å²) in [5.41, 5.74) is 7.42. The lowest BCUT2D eigenvalue weighted by molar-refractivity contribution is 0.0758. The normalized spacial score (nSPS) is 28.4. The Balaban J connectivity index is 1.38. The van der Waals surface area contributed by atoms with Gasteiger partial charge in [-0.1, -0.05) is 5.21 Å². The topological polar surface area (TPSA) is 110 Å². The number of hydrogen-bond donors (Lipinski definition) is 2. The van der Waals surface area contributed by atoms with E-state index in [1.54, 1.807) is 28.2 Å². The van der Waals surface area contributed by atoms with E-state index in [0.29, 0.717) is 18.8 Å². The van der Waals surface area contributed by atoms with Gasteiger partial charge in [-0.15, -0.1) is 5.10 Å². The molecule has 1 aliphatic carbocycles. The van der Waals surface area contributed by atoms with E-state index >= 15 is 0 Å². The smallest absolute Gasteiger partial charge is 0.276 e. The second-order valence-electron chi connectivity index (χ2n) is 7.75. The summed E-state index contributed by atoms with van der Waals surface area (Å²) in [4.78, 5) is 18.5. The minimum Gasteiger partial charge on any atom is -0.391 e. The molecule has 1 amide bonds. The van der Waals surface area contributed by atoms with Crippen molar-refractivity contribution in [3.05, 3.63) is 42.0 Å². The zero-order valence-electron chi connectivity index (χ0n) is 15.3. The van der Waals surface area contributed by atoms with E-state index in [2.05, 4.69) is 15.3 Å². The van der Waals surface area contributed by atoms with E-state index in [1.165, 1.54) is 0 Å². The highest BCUT2D eigenvalue weighted by atomic mass is 16.3. The van der Waals surface area contributed by atoms with Crippen LogP contribution in [0.25, 0.3) is 0 Å². The highest BCUT2D eigenvalue weighted by molar-refractivity contribution is 5.92. The maximum absolute atomic E-state index is 12.8. The van der Waals surface area contributed by atoms with Crippen LogP contribution in [-0.4, -0.2) is 61.1 Å². The lowest BCUT2D eigenvalue weighted by atomic mass is 9.92. The summed E-state index contributed by atoms with van der Waals surface area (Å²) < 4.78 is 1.81. The monoisotopic (exact) mass is 370 g/mol. The van der Waals surface area contributed by atoms with Gasteiger partial charge in [-0.05, 0) is 49.8 Å². The molecule has 0 aromatic carbocycles. The molecule has 2 fully saturated rings. The predicted molar refractivity (Wildman–Crippen MR) is 98.8 cm³/mol. The van der Waals surface area contributed by atoms with E-state index in [-0.39, 0.29) is 23.9 Å². The van der Waals surface area contributed by atoms with Crippen molar-refractivity contribution in [2.24, 2.45) is 11.7 Å². The number of carbonyl (C=O) groups excluding carboxylic acids is 1. The van der Waals surface area contributed by atoms with Crippen molar-refractivity contribution < 1.29 is 9.90 Å². The number of likely N-dealkylation sites (tertiary alicyclic amines) is 1. The van der Waals surface area contributed by atoms with Gasteiger partial charge in [0.05, 0.1) is 18.3 Å². The number of nitrogens with two attached hydrogens (primary N) is 1. The van der Waals surface area contributed by atoms with Crippen LogP contribution in [0.2, 0.25) is 0 Å². The van der Waals surface area contributed by atoms with Gasteiger partial charge in [-0.3, -0.25) is 9.78 Å². The summed E-state index contributed by atoms with van der Waals surface area (Å²) in [5, 5.41) is 18.6.